The number of hydrogen-bond donors (Lipinski definition) is 2. The molecule has 0 rings (SSSR count). The van der Waals surface area contributed by atoms with Gasteiger partial charge in [0.05, 0.1) is 13.0 Å². The highest BCUT2D eigenvalue weighted by molar-refractivity contribution is 5.71. The third-order valence-corrected chi connectivity index (χ3v) is 1.80. The molecule has 0 aromatic heterocycles. The Hall–Kier alpha value is -1.88. The molecule has 18 heavy (non-hydrogen) atoms. The molecule has 0 spiro atoms. The van der Waals surface area contributed by atoms with Crippen LogP contribution in [0, 0.1) is 0 Å². The molecule has 0 fully saturated rings. The van der Waals surface area contributed by atoms with Gasteiger partial charge >= 0.3 is 12.1 Å². The van der Waals surface area contributed by atoms with Gasteiger partial charge in [-0.25, -0.2) is 14.6 Å². The van der Waals surface area contributed by atoms with Gasteiger partial charge < -0.3 is 15.2 Å². The minimum absolute atomic E-state index is 0.108. The number of nitrogens with one attached hydrogen (secondary N) is 1. The van der Waals surface area contributed by atoms with Gasteiger partial charge in [0.2, 0.25) is 6.08 Å². The monoisotopic (exact) mass is 258 g/mol. The quantitative estimate of drug-likeness (QED) is 0.548. The number of alkyl carbamates (subject to hydrolysis) is 1. The second kappa shape index (κ2) is 7.45. The molecule has 102 valence electrons. The maximum Gasteiger partial charge on any atom is 0.407 e. The Bertz CT molecular complexity index is 342. The molecule has 0 aromatic rings. The lowest BCUT2D eigenvalue weighted by Gasteiger charge is -2.22. The number of amides is 1. The highest BCUT2D eigenvalue weighted by Gasteiger charge is 2.20. The summed E-state index contributed by atoms with van der Waals surface area (Å²) in [4.78, 5) is 35.3. The van der Waals surface area contributed by atoms with Crippen molar-refractivity contribution in [3.63, 3.8) is 0 Å². The zero-order chi connectivity index (χ0) is 14.2. The SMILES string of the molecule is CC(C)(C)OC(=O)N[C@@H](CCN=C=O)CC(=O)O. The summed E-state index contributed by atoms with van der Waals surface area (Å²) in [6, 6.07) is -0.630. The van der Waals surface area contributed by atoms with Gasteiger partial charge in [-0.2, -0.15) is 0 Å². The lowest BCUT2D eigenvalue weighted by molar-refractivity contribution is -0.137. The zero-order valence-corrected chi connectivity index (χ0v) is 10.7. The van der Waals surface area contributed by atoms with E-state index in [0.717, 1.165) is 0 Å². The summed E-state index contributed by atoms with van der Waals surface area (Å²) in [7, 11) is 0. The first-order valence-electron chi connectivity index (χ1n) is 5.49. The number of carbonyl (C=O) groups excluding carboxylic acids is 2. The summed E-state index contributed by atoms with van der Waals surface area (Å²) in [5, 5.41) is 11.1. The standard InChI is InChI=1S/C11H18N2O5/c1-11(2,3)18-10(17)13-8(6-9(15)16)4-5-12-7-14/h8H,4-6H2,1-3H3,(H,13,17)(H,15,16)/t8-/m0/s1. The molecule has 0 aliphatic carbocycles. The maximum absolute atomic E-state index is 11.4. The van der Waals surface area contributed by atoms with E-state index in [9.17, 15) is 14.4 Å². The molecule has 2 N–H and O–H groups in total. The van der Waals surface area contributed by atoms with Crippen molar-refractivity contribution in [3.8, 4) is 0 Å². The van der Waals surface area contributed by atoms with Gasteiger partial charge in [0.1, 0.15) is 5.60 Å². The number of nitrogens with zero attached hydrogens (tertiary/aromatic N) is 1. The third kappa shape index (κ3) is 9.35. The Kier molecular flexibility index (Phi) is 6.67. The Balaban J connectivity index is 4.34. The minimum Gasteiger partial charge on any atom is -0.481 e. The van der Waals surface area contributed by atoms with Crippen LogP contribution < -0.4 is 5.32 Å². The van der Waals surface area contributed by atoms with E-state index in [2.05, 4.69) is 10.3 Å². The molecule has 7 nitrogen and oxygen atoms in total. The second-order valence-corrected chi connectivity index (χ2v) is 4.70. The van der Waals surface area contributed by atoms with Crippen LogP contribution in [0.2, 0.25) is 0 Å². The van der Waals surface area contributed by atoms with Crippen LogP contribution in [-0.2, 0) is 14.3 Å². The predicted molar refractivity (Wildman–Crippen MR) is 63.0 cm³/mol. The van der Waals surface area contributed by atoms with Crippen LogP contribution >= 0.6 is 0 Å². The average Bonchev–Trinajstić information content (AvgIpc) is 2.13. The molecule has 0 saturated carbocycles. The van der Waals surface area contributed by atoms with Gasteiger partial charge in [0.25, 0.3) is 0 Å². The summed E-state index contributed by atoms with van der Waals surface area (Å²) in [5.41, 5.74) is -0.654. The van der Waals surface area contributed by atoms with E-state index >= 15 is 0 Å². The average molecular weight is 258 g/mol. The minimum atomic E-state index is -1.05. The van der Waals surface area contributed by atoms with Crippen molar-refractivity contribution in [1.82, 2.24) is 5.32 Å². The summed E-state index contributed by atoms with van der Waals surface area (Å²) < 4.78 is 5.01. The summed E-state index contributed by atoms with van der Waals surface area (Å²) >= 11 is 0. The number of aliphatic carboxylic acids is 1. The molecule has 0 bridgehead atoms. The largest absolute Gasteiger partial charge is 0.481 e. The van der Waals surface area contributed by atoms with Gasteiger partial charge in [0.15, 0.2) is 0 Å². The van der Waals surface area contributed by atoms with E-state index in [1.54, 1.807) is 20.8 Å². The lowest BCUT2D eigenvalue weighted by Crippen LogP contribution is -2.40. The van der Waals surface area contributed by atoms with Crippen LogP contribution in [0.4, 0.5) is 4.79 Å². The molecular weight excluding hydrogens is 240 g/mol. The van der Waals surface area contributed by atoms with Gasteiger partial charge in [-0.3, -0.25) is 4.79 Å². The lowest BCUT2D eigenvalue weighted by atomic mass is 10.1. The molecule has 0 aliphatic heterocycles. The number of carbonyl (C=O) groups is 2. The fourth-order valence-electron chi connectivity index (χ4n) is 1.18. The summed E-state index contributed by atoms with van der Waals surface area (Å²) in [6.45, 7) is 5.22. The molecule has 1 amide bonds. The van der Waals surface area contributed by atoms with Crippen LogP contribution in [0.25, 0.3) is 0 Å². The van der Waals surface area contributed by atoms with Gasteiger partial charge in [-0.05, 0) is 27.2 Å². The Morgan fingerprint density at radius 1 is 1.44 bits per heavy atom. The van der Waals surface area contributed by atoms with Crippen molar-refractivity contribution >= 4 is 18.1 Å². The summed E-state index contributed by atoms with van der Waals surface area (Å²) in [5.74, 6) is -1.05. The van der Waals surface area contributed by atoms with Crippen LogP contribution in [0.3, 0.4) is 0 Å². The smallest absolute Gasteiger partial charge is 0.407 e. The fraction of sp³-hybridized carbons (Fsp3) is 0.727. The zero-order valence-electron chi connectivity index (χ0n) is 10.7. The van der Waals surface area contributed by atoms with Gasteiger partial charge in [0, 0.05) is 6.04 Å². The second-order valence-electron chi connectivity index (χ2n) is 4.70. The first-order valence-corrected chi connectivity index (χ1v) is 5.49. The van der Waals surface area contributed by atoms with Crippen LogP contribution in [0.1, 0.15) is 33.6 Å². The third-order valence-electron chi connectivity index (χ3n) is 1.80. The molecule has 0 aromatic carbocycles. The van der Waals surface area contributed by atoms with Crippen molar-refractivity contribution in [3.05, 3.63) is 0 Å². The normalized spacial score (nSPS) is 12.2. The predicted octanol–water partition coefficient (Wildman–Crippen LogP) is 1.08. The molecule has 7 heteroatoms. The molecule has 0 heterocycles. The van der Waals surface area contributed by atoms with Crippen molar-refractivity contribution in [2.75, 3.05) is 6.54 Å². The number of ether oxygens (including phenoxy) is 1. The molecular formula is C11H18N2O5. The maximum atomic E-state index is 11.4. The number of aliphatic imine (C=N–C) groups is 1. The highest BCUT2D eigenvalue weighted by atomic mass is 16.6. The van der Waals surface area contributed by atoms with Crippen LogP contribution in [0.5, 0.6) is 0 Å². The number of carboxylic acids is 1. The fourth-order valence-corrected chi connectivity index (χ4v) is 1.18. The van der Waals surface area contributed by atoms with Crippen molar-refractivity contribution < 1.29 is 24.2 Å². The summed E-state index contributed by atoms with van der Waals surface area (Å²) in [6.07, 6.45) is 0.641. The van der Waals surface area contributed by atoms with E-state index < -0.39 is 23.7 Å². The molecule has 0 aliphatic rings. The molecule has 0 saturated heterocycles. The Morgan fingerprint density at radius 3 is 2.50 bits per heavy atom. The molecule has 1 atom stereocenters. The number of isocyanates is 1. The van der Waals surface area contributed by atoms with Crippen molar-refractivity contribution in [1.29, 1.82) is 0 Å². The van der Waals surface area contributed by atoms with E-state index in [1.807, 2.05) is 0 Å². The van der Waals surface area contributed by atoms with Crippen molar-refractivity contribution in [2.24, 2.45) is 4.99 Å². The molecule has 0 radical (unpaired) electrons. The Morgan fingerprint density at radius 2 is 2.06 bits per heavy atom. The number of rotatable bonds is 6. The van der Waals surface area contributed by atoms with Gasteiger partial charge in [-0.15, -0.1) is 0 Å². The van der Waals surface area contributed by atoms with E-state index in [4.69, 9.17) is 9.84 Å². The van der Waals surface area contributed by atoms with E-state index in [0.29, 0.717) is 0 Å². The number of hydrogen-bond acceptors (Lipinski definition) is 5. The first kappa shape index (κ1) is 16.1. The van der Waals surface area contributed by atoms with E-state index in [1.165, 1.54) is 6.08 Å². The molecule has 0 unspecified atom stereocenters. The topological polar surface area (TPSA) is 105 Å². The van der Waals surface area contributed by atoms with Crippen LogP contribution in [-0.4, -0.2) is 41.4 Å². The van der Waals surface area contributed by atoms with E-state index in [-0.39, 0.29) is 19.4 Å². The van der Waals surface area contributed by atoms with Gasteiger partial charge in [-0.1, -0.05) is 0 Å². The number of carboxylic acid groups (broad SMARTS) is 1. The van der Waals surface area contributed by atoms with Crippen molar-refractivity contribution in [2.45, 2.75) is 45.3 Å². The first-order chi connectivity index (χ1) is 8.24. The van der Waals surface area contributed by atoms with Crippen LogP contribution in [0.15, 0.2) is 4.99 Å². The Labute approximate surface area is 105 Å². The highest BCUT2D eigenvalue weighted by Crippen LogP contribution is 2.08.